The maximum absolute atomic E-state index is 10.6. The number of nitrogens with zero attached hydrogens (tertiary/aromatic N) is 1. The van der Waals surface area contributed by atoms with Gasteiger partial charge in [0.2, 0.25) is 5.91 Å². The molecule has 1 saturated heterocycles. The number of hydrogen-bond acceptors (Lipinski definition) is 2. The Balaban J connectivity index is 2.58. The van der Waals surface area contributed by atoms with E-state index in [2.05, 4.69) is 12.2 Å². The van der Waals surface area contributed by atoms with Crippen LogP contribution < -0.4 is 5.32 Å². The second kappa shape index (κ2) is 2.05. The van der Waals surface area contributed by atoms with E-state index in [-0.39, 0.29) is 18.5 Å². The van der Waals surface area contributed by atoms with Gasteiger partial charge in [-0.2, -0.15) is 0 Å². The molecule has 1 rings (SSSR count). The third-order valence-corrected chi connectivity index (χ3v) is 1.14. The van der Waals surface area contributed by atoms with E-state index in [0.717, 1.165) is 0 Å². The summed E-state index contributed by atoms with van der Waals surface area (Å²) < 4.78 is 0. The molecule has 0 aliphatic carbocycles. The smallest absolute Gasteiger partial charge is 0.315 e. The maximum Gasteiger partial charge on any atom is 0.324 e. The zero-order valence-corrected chi connectivity index (χ0v) is 4.89. The average Bonchev–Trinajstić information content (AvgIpc) is 2.10. The molecule has 9 heavy (non-hydrogen) atoms. The molecule has 1 heterocycles. The van der Waals surface area contributed by atoms with E-state index in [1.807, 2.05) is 0 Å². The fourth-order valence-electron chi connectivity index (χ4n) is 0.664. The monoisotopic (exact) mass is 127 g/mol. The molecule has 0 aromatic carbocycles. The Morgan fingerprint density at radius 3 is 2.56 bits per heavy atom. The number of carbonyl (C=O) groups excluding carboxylic acids is 2. The van der Waals surface area contributed by atoms with Crippen LogP contribution in [0.4, 0.5) is 4.79 Å². The van der Waals surface area contributed by atoms with Crippen molar-refractivity contribution in [3.05, 3.63) is 6.92 Å². The van der Waals surface area contributed by atoms with E-state index in [9.17, 15) is 9.59 Å². The minimum atomic E-state index is -0.338. The molecule has 0 unspecified atom stereocenters. The van der Waals surface area contributed by atoms with Crippen molar-refractivity contribution in [1.29, 1.82) is 0 Å². The number of rotatable bonds is 1. The molecule has 0 bridgehead atoms. The molecule has 4 heteroatoms. The molecule has 49 valence electrons. The van der Waals surface area contributed by atoms with E-state index in [1.165, 1.54) is 4.90 Å². The van der Waals surface area contributed by atoms with Crippen molar-refractivity contribution in [2.45, 2.75) is 0 Å². The fraction of sp³-hybridized carbons (Fsp3) is 0.400. The van der Waals surface area contributed by atoms with Gasteiger partial charge < -0.3 is 4.90 Å². The summed E-state index contributed by atoms with van der Waals surface area (Å²) in [5.74, 6) is -0.247. The molecule has 3 amide bonds. The van der Waals surface area contributed by atoms with Crippen molar-refractivity contribution in [3.63, 3.8) is 0 Å². The summed E-state index contributed by atoms with van der Waals surface area (Å²) >= 11 is 0. The van der Waals surface area contributed by atoms with E-state index >= 15 is 0 Å². The molecule has 0 saturated carbocycles. The third-order valence-electron chi connectivity index (χ3n) is 1.14. The van der Waals surface area contributed by atoms with Crippen molar-refractivity contribution in [2.75, 3.05) is 13.1 Å². The lowest BCUT2D eigenvalue weighted by molar-refractivity contribution is -0.118. The SMILES string of the molecule is [CH2]CN1CC(=O)NC1=O. The molecular formula is C5H7N2O2. The van der Waals surface area contributed by atoms with Crippen LogP contribution in [0.5, 0.6) is 0 Å². The minimum absolute atomic E-state index is 0.155. The Labute approximate surface area is 52.8 Å². The van der Waals surface area contributed by atoms with Crippen LogP contribution in [0.15, 0.2) is 0 Å². The van der Waals surface area contributed by atoms with Gasteiger partial charge in [-0.15, -0.1) is 0 Å². The molecule has 4 nitrogen and oxygen atoms in total. The number of imide groups is 1. The highest BCUT2D eigenvalue weighted by Crippen LogP contribution is 1.94. The Morgan fingerprint density at radius 1 is 1.67 bits per heavy atom. The van der Waals surface area contributed by atoms with Gasteiger partial charge in [-0.1, -0.05) is 0 Å². The first kappa shape index (κ1) is 6.07. The van der Waals surface area contributed by atoms with Gasteiger partial charge in [0.1, 0.15) is 6.54 Å². The van der Waals surface area contributed by atoms with Crippen molar-refractivity contribution in [2.24, 2.45) is 0 Å². The Hall–Kier alpha value is -1.06. The first-order chi connectivity index (χ1) is 4.24. The van der Waals surface area contributed by atoms with E-state index in [0.29, 0.717) is 6.54 Å². The van der Waals surface area contributed by atoms with E-state index in [4.69, 9.17) is 0 Å². The van der Waals surface area contributed by atoms with Gasteiger partial charge in [0, 0.05) is 6.54 Å². The Bertz CT molecular complexity index is 155. The second-order valence-electron chi connectivity index (χ2n) is 1.77. The Morgan fingerprint density at radius 2 is 2.33 bits per heavy atom. The molecule has 0 aromatic heterocycles. The van der Waals surface area contributed by atoms with Crippen LogP contribution in [0.1, 0.15) is 0 Å². The number of carbonyl (C=O) groups is 2. The van der Waals surface area contributed by atoms with Gasteiger partial charge in [-0.05, 0) is 6.92 Å². The summed E-state index contributed by atoms with van der Waals surface area (Å²) in [4.78, 5) is 22.3. The van der Waals surface area contributed by atoms with Crippen LogP contribution in [0.3, 0.4) is 0 Å². The number of amides is 3. The predicted molar refractivity (Wildman–Crippen MR) is 30.5 cm³/mol. The van der Waals surface area contributed by atoms with Crippen LogP contribution in [0.2, 0.25) is 0 Å². The normalized spacial score (nSPS) is 18.6. The zero-order valence-electron chi connectivity index (χ0n) is 4.89. The number of nitrogens with one attached hydrogen (secondary N) is 1. The van der Waals surface area contributed by atoms with Crippen LogP contribution >= 0.6 is 0 Å². The van der Waals surface area contributed by atoms with Gasteiger partial charge in [0.05, 0.1) is 0 Å². The summed E-state index contributed by atoms with van der Waals surface area (Å²) in [5.41, 5.74) is 0. The first-order valence-electron chi connectivity index (χ1n) is 2.62. The minimum Gasteiger partial charge on any atom is -0.315 e. The lowest BCUT2D eigenvalue weighted by Crippen LogP contribution is -2.27. The summed E-state index contributed by atoms with van der Waals surface area (Å²) in [6.45, 7) is 3.97. The van der Waals surface area contributed by atoms with Crippen LogP contribution in [-0.2, 0) is 4.79 Å². The standard InChI is InChI=1S/C5H7N2O2/c1-2-7-3-4(8)6-5(7)9/h1-3H2,(H,6,8,9). The molecule has 0 spiro atoms. The predicted octanol–water partition coefficient (Wildman–Crippen LogP) is -0.628. The zero-order chi connectivity index (χ0) is 6.85. The topological polar surface area (TPSA) is 49.4 Å². The molecule has 1 radical (unpaired) electrons. The van der Waals surface area contributed by atoms with E-state index < -0.39 is 0 Å². The van der Waals surface area contributed by atoms with Crippen LogP contribution in [-0.4, -0.2) is 29.9 Å². The van der Waals surface area contributed by atoms with Crippen molar-refractivity contribution in [3.8, 4) is 0 Å². The van der Waals surface area contributed by atoms with Crippen molar-refractivity contribution in [1.82, 2.24) is 10.2 Å². The van der Waals surface area contributed by atoms with Crippen LogP contribution in [0.25, 0.3) is 0 Å². The second-order valence-corrected chi connectivity index (χ2v) is 1.77. The highest BCUT2D eigenvalue weighted by molar-refractivity contribution is 6.01. The molecule has 0 aromatic rings. The lowest BCUT2D eigenvalue weighted by atomic mass is 10.6. The first-order valence-corrected chi connectivity index (χ1v) is 2.62. The van der Waals surface area contributed by atoms with Gasteiger partial charge in [0.25, 0.3) is 0 Å². The van der Waals surface area contributed by atoms with E-state index in [1.54, 1.807) is 0 Å². The molecule has 1 fully saturated rings. The average molecular weight is 127 g/mol. The van der Waals surface area contributed by atoms with Gasteiger partial charge in [0.15, 0.2) is 0 Å². The number of urea groups is 1. The maximum atomic E-state index is 10.6. The highest BCUT2D eigenvalue weighted by Gasteiger charge is 2.24. The van der Waals surface area contributed by atoms with Gasteiger partial charge >= 0.3 is 6.03 Å². The molecule has 1 aliphatic heterocycles. The summed E-state index contributed by atoms with van der Waals surface area (Å²) in [6.07, 6.45) is 0. The van der Waals surface area contributed by atoms with Gasteiger partial charge in [-0.3, -0.25) is 10.1 Å². The van der Waals surface area contributed by atoms with Crippen molar-refractivity contribution >= 4 is 11.9 Å². The third kappa shape index (κ3) is 1.01. The summed E-state index contributed by atoms with van der Waals surface area (Å²) in [5, 5.41) is 2.13. The van der Waals surface area contributed by atoms with Crippen LogP contribution in [0, 0.1) is 6.92 Å². The Kier molecular flexibility index (Phi) is 1.38. The molecule has 1 aliphatic rings. The van der Waals surface area contributed by atoms with Crippen molar-refractivity contribution < 1.29 is 9.59 Å². The lowest BCUT2D eigenvalue weighted by Gasteiger charge is -2.06. The molecule has 1 N–H and O–H groups in total. The molecular weight excluding hydrogens is 120 g/mol. The largest absolute Gasteiger partial charge is 0.324 e. The highest BCUT2D eigenvalue weighted by atomic mass is 16.2. The molecule has 0 atom stereocenters. The summed E-state index contributed by atoms with van der Waals surface area (Å²) in [7, 11) is 0. The fourth-order valence-corrected chi connectivity index (χ4v) is 0.664. The van der Waals surface area contributed by atoms with Gasteiger partial charge in [-0.25, -0.2) is 4.79 Å². The quantitative estimate of drug-likeness (QED) is 0.477. The number of hydrogen-bond donors (Lipinski definition) is 1. The summed E-state index contributed by atoms with van der Waals surface area (Å²) in [6, 6.07) is -0.338.